The molecule has 2 rings (SSSR count). The molecule has 0 fully saturated rings. The first-order valence-corrected chi connectivity index (χ1v) is 8.49. The summed E-state index contributed by atoms with van der Waals surface area (Å²) in [7, 11) is -2.77. The van der Waals surface area contributed by atoms with Gasteiger partial charge < -0.3 is 4.52 Å². The Labute approximate surface area is 133 Å². The van der Waals surface area contributed by atoms with E-state index in [0.717, 1.165) is 25.2 Å². The van der Waals surface area contributed by atoms with Crippen molar-refractivity contribution in [2.45, 2.75) is 31.9 Å². The van der Waals surface area contributed by atoms with E-state index in [-0.39, 0.29) is 16.8 Å². The van der Waals surface area contributed by atoms with Crippen molar-refractivity contribution >= 4 is 15.7 Å². The average molecular weight is 344 g/mol. The molecule has 0 N–H and O–H groups in total. The number of hydrogen-bond acceptors (Lipinski definition) is 4. The summed E-state index contributed by atoms with van der Waals surface area (Å²) in [5.41, 5.74) is -0.460. The van der Waals surface area contributed by atoms with Gasteiger partial charge in [-0.1, -0.05) is 25.9 Å². The smallest absolute Gasteiger partial charge is 0.240 e. The summed E-state index contributed by atoms with van der Waals surface area (Å²) in [4.78, 5) is 0. The minimum absolute atomic E-state index is 0.207. The maximum absolute atomic E-state index is 13.7. The van der Waals surface area contributed by atoms with Gasteiger partial charge in [0.05, 0.1) is 5.69 Å². The zero-order valence-electron chi connectivity index (χ0n) is 13.3. The molecule has 0 radical (unpaired) electrons. The molecule has 0 saturated carbocycles. The predicted octanol–water partition coefficient (Wildman–Crippen LogP) is 3.22. The molecule has 5 nitrogen and oxygen atoms in total. The highest BCUT2D eigenvalue weighted by atomic mass is 32.2. The van der Waals surface area contributed by atoms with Crippen LogP contribution in [0.2, 0.25) is 0 Å². The van der Waals surface area contributed by atoms with Gasteiger partial charge in [0.15, 0.2) is 0 Å². The van der Waals surface area contributed by atoms with Crippen LogP contribution in [0.4, 0.5) is 14.5 Å². The SMILES string of the molecule is CN(c1cc(F)ccc1F)S(=O)(=O)Cc1cc(C(C)(C)C)on1. The fraction of sp³-hybridized carbons (Fsp3) is 0.400. The number of rotatable bonds is 4. The molecule has 23 heavy (non-hydrogen) atoms. The molecule has 0 bridgehead atoms. The number of benzene rings is 1. The number of sulfonamides is 1. The molecular formula is C15H18F2N2O3S. The van der Waals surface area contributed by atoms with E-state index in [1.807, 2.05) is 20.8 Å². The van der Waals surface area contributed by atoms with Crippen molar-refractivity contribution in [3.63, 3.8) is 0 Å². The first-order chi connectivity index (χ1) is 10.5. The lowest BCUT2D eigenvalue weighted by molar-refractivity contribution is 0.326. The summed E-state index contributed by atoms with van der Waals surface area (Å²) in [6, 6.07) is 4.18. The average Bonchev–Trinajstić information content (AvgIpc) is 2.88. The number of hydrogen-bond donors (Lipinski definition) is 0. The van der Waals surface area contributed by atoms with Gasteiger partial charge in [0, 0.05) is 24.6 Å². The van der Waals surface area contributed by atoms with Gasteiger partial charge >= 0.3 is 0 Å². The molecule has 0 unspecified atom stereocenters. The number of halogens is 2. The fourth-order valence-electron chi connectivity index (χ4n) is 1.89. The van der Waals surface area contributed by atoms with Crippen molar-refractivity contribution in [3.8, 4) is 0 Å². The van der Waals surface area contributed by atoms with E-state index < -0.39 is 27.4 Å². The van der Waals surface area contributed by atoms with Crippen molar-refractivity contribution in [2.75, 3.05) is 11.4 Å². The second-order valence-electron chi connectivity index (χ2n) is 6.25. The van der Waals surface area contributed by atoms with Gasteiger partial charge in [-0.05, 0) is 12.1 Å². The van der Waals surface area contributed by atoms with Gasteiger partial charge in [0.25, 0.3) is 0 Å². The van der Waals surface area contributed by atoms with E-state index in [1.165, 1.54) is 0 Å². The third-order valence-corrected chi connectivity index (χ3v) is 4.98. The lowest BCUT2D eigenvalue weighted by Gasteiger charge is -2.19. The summed E-state index contributed by atoms with van der Waals surface area (Å²) < 4.78 is 57.6. The standard InChI is InChI=1S/C15H18F2N2O3S/c1-15(2,3)14-8-11(18-22-14)9-23(20,21)19(4)13-7-10(16)5-6-12(13)17/h5-8H,9H2,1-4H3. The van der Waals surface area contributed by atoms with Crippen LogP contribution in [0.5, 0.6) is 0 Å². The maximum Gasteiger partial charge on any atom is 0.240 e. The van der Waals surface area contributed by atoms with Gasteiger partial charge in [0.1, 0.15) is 28.8 Å². The summed E-state index contributed by atoms with van der Waals surface area (Å²) >= 11 is 0. The number of aromatic nitrogens is 1. The maximum atomic E-state index is 13.7. The molecule has 0 saturated heterocycles. The van der Waals surface area contributed by atoms with E-state index in [2.05, 4.69) is 5.16 Å². The highest BCUT2D eigenvalue weighted by Crippen LogP contribution is 2.26. The van der Waals surface area contributed by atoms with E-state index >= 15 is 0 Å². The lowest BCUT2D eigenvalue weighted by atomic mass is 9.93. The molecular weight excluding hydrogens is 326 g/mol. The van der Waals surface area contributed by atoms with Gasteiger partial charge in [0.2, 0.25) is 10.0 Å². The third kappa shape index (κ3) is 3.87. The lowest BCUT2D eigenvalue weighted by Crippen LogP contribution is -2.29. The molecule has 0 aliphatic carbocycles. The van der Waals surface area contributed by atoms with Crippen molar-refractivity contribution in [1.29, 1.82) is 0 Å². The Kier molecular flexibility index (Phi) is 4.48. The van der Waals surface area contributed by atoms with Gasteiger partial charge in [-0.25, -0.2) is 17.2 Å². The second kappa shape index (κ2) is 5.92. The Morgan fingerprint density at radius 3 is 2.43 bits per heavy atom. The first-order valence-electron chi connectivity index (χ1n) is 6.88. The minimum Gasteiger partial charge on any atom is -0.361 e. The normalized spacial score (nSPS) is 12.4. The van der Waals surface area contributed by atoms with E-state index in [4.69, 9.17) is 4.52 Å². The fourth-order valence-corrected chi connectivity index (χ4v) is 3.04. The Hall–Kier alpha value is -1.96. The van der Waals surface area contributed by atoms with Gasteiger partial charge in [-0.3, -0.25) is 4.31 Å². The molecule has 2 aromatic rings. The van der Waals surface area contributed by atoms with Crippen LogP contribution in [0, 0.1) is 11.6 Å². The molecule has 0 spiro atoms. The Morgan fingerprint density at radius 1 is 1.22 bits per heavy atom. The zero-order chi connectivity index (χ0) is 17.4. The summed E-state index contributed by atoms with van der Waals surface area (Å²) in [6.07, 6.45) is 0. The quantitative estimate of drug-likeness (QED) is 0.854. The predicted molar refractivity (Wildman–Crippen MR) is 82.6 cm³/mol. The van der Waals surface area contributed by atoms with E-state index in [1.54, 1.807) is 6.07 Å². The Morgan fingerprint density at radius 2 is 1.87 bits per heavy atom. The number of nitrogens with zero attached hydrogens (tertiary/aromatic N) is 2. The highest BCUT2D eigenvalue weighted by molar-refractivity contribution is 7.92. The first kappa shape index (κ1) is 17.4. The second-order valence-corrected chi connectivity index (χ2v) is 8.25. The van der Waals surface area contributed by atoms with Crippen LogP contribution >= 0.6 is 0 Å². The van der Waals surface area contributed by atoms with Crippen LogP contribution in [-0.2, 0) is 21.2 Å². The van der Waals surface area contributed by atoms with Crippen LogP contribution in [0.15, 0.2) is 28.8 Å². The van der Waals surface area contributed by atoms with Crippen LogP contribution in [0.25, 0.3) is 0 Å². The van der Waals surface area contributed by atoms with Crippen LogP contribution in [-0.4, -0.2) is 20.6 Å². The van der Waals surface area contributed by atoms with E-state index in [9.17, 15) is 17.2 Å². The molecule has 1 aromatic heterocycles. The molecule has 0 aliphatic rings. The third-order valence-electron chi connectivity index (χ3n) is 3.29. The van der Waals surface area contributed by atoms with E-state index in [0.29, 0.717) is 10.1 Å². The highest BCUT2D eigenvalue weighted by Gasteiger charge is 2.26. The molecule has 0 aliphatic heterocycles. The van der Waals surface area contributed by atoms with Crippen LogP contribution in [0.3, 0.4) is 0 Å². The number of anilines is 1. The minimum atomic E-state index is -3.93. The summed E-state index contributed by atoms with van der Waals surface area (Å²) in [6.45, 7) is 5.71. The summed E-state index contributed by atoms with van der Waals surface area (Å²) in [5.74, 6) is -1.48. The molecule has 126 valence electrons. The largest absolute Gasteiger partial charge is 0.361 e. The molecule has 1 aromatic carbocycles. The van der Waals surface area contributed by atoms with Crippen molar-refractivity contribution in [3.05, 3.63) is 47.4 Å². The van der Waals surface area contributed by atoms with Crippen molar-refractivity contribution in [1.82, 2.24) is 5.16 Å². The molecule has 1 heterocycles. The molecule has 8 heteroatoms. The molecule has 0 amide bonds. The topological polar surface area (TPSA) is 63.4 Å². The monoisotopic (exact) mass is 344 g/mol. The van der Waals surface area contributed by atoms with Crippen LogP contribution in [0.1, 0.15) is 32.2 Å². The molecule has 0 atom stereocenters. The zero-order valence-corrected chi connectivity index (χ0v) is 14.1. The van der Waals surface area contributed by atoms with Crippen molar-refractivity contribution < 1.29 is 21.7 Å². The van der Waals surface area contributed by atoms with Gasteiger partial charge in [-0.15, -0.1) is 0 Å². The van der Waals surface area contributed by atoms with Gasteiger partial charge in [-0.2, -0.15) is 0 Å². The Balaban J connectivity index is 2.28. The summed E-state index contributed by atoms with van der Waals surface area (Å²) in [5, 5.41) is 3.74. The Bertz CT molecular complexity index is 810. The van der Waals surface area contributed by atoms with Crippen molar-refractivity contribution in [2.24, 2.45) is 0 Å². The van der Waals surface area contributed by atoms with Crippen LogP contribution < -0.4 is 4.31 Å².